The van der Waals surface area contributed by atoms with E-state index < -0.39 is 34.3 Å². The minimum absolute atomic E-state index is 0.0316. The van der Waals surface area contributed by atoms with Crippen molar-refractivity contribution in [1.29, 1.82) is 0 Å². The zero-order chi connectivity index (χ0) is 28.1. The maximum atomic E-state index is 13.8. The van der Waals surface area contributed by atoms with E-state index in [-0.39, 0.29) is 22.9 Å². The first-order valence-corrected chi connectivity index (χ1v) is 12.8. The van der Waals surface area contributed by atoms with Gasteiger partial charge in [-0.3, -0.25) is 29.4 Å². The molecule has 200 valence electrons. The fraction of sp³-hybridized carbons (Fsp3) is 0.115. The molecule has 10 nitrogen and oxygen atoms in total. The van der Waals surface area contributed by atoms with Crippen molar-refractivity contribution in [3.05, 3.63) is 97.1 Å². The topological polar surface area (TPSA) is 128 Å². The Morgan fingerprint density at radius 3 is 2.67 bits per heavy atom. The molecule has 3 amide bonds. The van der Waals surface area contributed by atoms with Crippen molar-refractivity contribution in [2.45, 2.75) is 6.61 Å². The molecule has 3 aromatic carbocycles. The predicted molar refractivity (Wildman–Crippen MR) is 146 cm³/mol. The van der Waals surface area contributed by atoms with Crippen LogP contribution in [-0.4, -0.2) is 40.5 Å². The van der Waals surface area contributed by atoms with E-state index in [1.165, 1.54) is 49.6 Å². The normalized spacial score (nSPS) is 14.0. The highest BCUT2D eigenvalue weighted by Gasteiger charge is 2.36. The largest absolute Gasteiger partial charge is 0.493 e. The molecule has 1 aliphatic heterocycles. The van der Waals surface area contributed by atoms with E-state index in [9.17, 15) is 28.9 Å². The number of para-hydroxylation sites is 1. The van der Waals surface area contributed by atoms with Gasteiger partial charge in [-0.05, 0) is 69.2 Å². The van der Waals surface area contributed by atoms with Crippen LogP contribution in [0.5, 0.6) is 11.5 Å². The predicted octanol–water partition coefficient (Wildman–Crippen LogP) is 5.76. The van der Waals surface area contributed by atoms with Gasteiger partial charge in [0.2, 0.25) is 5.91 Å². The molecule has 3 aromatic rings. The number of hydrogen-bond acceptors (Lipinski definition) is 8. The van der Waals surface area contributed by atoms with Gasteiger partial charge in [-0.2, -0.15) is 0 Å². The lowest BCUT2D eigenvalue weighted by molar-refractivity contribution is -0.384. The molecule has 13 heteroatoms. The number of nitrogens with one attached hydrogen (secondary N) is 1. The Hall–Kier alpha value is -4.23. The van der Waals surface area contributed by atoms with Crippen LogP contribution in [0.4, 0.5) is 20.6 Å². The highest BCUT2D eigenvalue weighted by molar-refractivity contribution is 9.10. The highest BCUT2D eigenvalue weighted by atomic mass is 79.9. The van der Waals surface area contributed by atoms with Crippen molar-refractivity contribution < 1.29 is 33.2 Å². The van der Waals surface area contributed by atoms with Gasteiger partial charge in [0.05, 0.1) is 27.1 Å². The van der Waals surface area contributed by atoms with Crippen LogP contribution in [0.25, 0.3) is 6.08 Å². The number of ether oxygens (including phenoxy) is 2. The fourth-order valence-electron chi connectivity index (χ4n) is 3.56. The monoisotopic (exact) mass is 615 g/mol. The number of benzene rings is 3. The van der Waals surface area contributed by atoms with Gasteiger partial charge in [-0.15, -0.1) is 0 Å². The van der Waals surface area contributed by atoms with E-state index in [0.29, 0.717) is 38.9 Å². The van der Waals surface area contributed by atoms with Crippen LogP contribution in [0.3, 0.4) is 0 Å². The van der Waals surface area contributed by atoms with Crippen LogP contribution in [-0.2, 0) is 16.2 Å². The Morgan fingerprint density at radius 2 is 1.95 bits per heavy atom. The van der Waals surface area contributed by atoms with Crippen LogP contribution in [0.2, 0.25) is 0 Å². The van der Waals surface area contributed by atoms with E-state index in [1.807, 2.05) is 0 Å². The summed E-state index contributed by atoms with van der Waals surface area (Å²) in [6.45, 7) is -0.544. The van der Waals surface area contributed by atoms with E-state index in [1.54, 1.807) is 24.3 Å². The van der Waals surface area contributed by atoms with Crippen LogP contribution in [0.1, 0.15) is 11.1 Å². The molecule has 39 heavy (non-hydrogen) atoms. The van der Waals surface area contributed by atoms with Gasteiger partial charge in [-0.1, -0.05) is 24.3 Å². The van der Waals surface area contributed by atoms with Crippen LogP contribution in [0, 0.1) is 15.9 Å². The average molecular weight is 616 g/mol. The molecule has 4 rings (SSSR count). The van der Waals surface area contributed by atoms with Crippen molar-refractivity contribution in [2.24, 2.45) is 0 Å². The third-order valence-electron chi connectivity index (χ3n) is 5.38. The summed E-state index contributed by atoms with van der Waals surface area (Å²) in [5, 5.41) is 12.7. The molecule has 1 aliphatic rings. The Bertz CT molecular complexity index is 1510. The number of nitro benzene ring substituents is 1. The maximum absolute atomic E-state index is 13.8. The summed E-state index contributed by atoms with van der Waals surface area (Å²) in [5.74, 6) is -1.39. The number of methoxy groups -OCH3 is 1. The van der Waals surface area contributed by atoms with Crippen LogP contribution in [0.15, 0.2) is 70.0 Å². The van der Waals surface area contributed by atoms with Crippen molar-refractivity contribution in [2.75, 3.05) is 19.0 Å². The number of anilines is 1. The summed E-state index contributed by atoms with van der Waals surface area (Å²) in [7, 11) is 1.42. The molecule has 1 heterocycles. The van der Waals surface area contributed by atoms with E-state index >= 15 is 0 Å². The molecule has 0 radical (unpaired) electrons. The lowest BCUT2D eigenvalue weighted by atomic mass is 10.1. The van der Waals surface area contributed by atoms with Crippen molar-refractivity contribution in [3.8, 4) is 11.5 Å². The number of amides is 3. The number of carbonyl (C=O) groups excluding carboxylic acids is 3. The first-order valence-electron chi connectivity index (χ1n) is 11.2. The van der Waals surface area contributed by atoms with Crippen LogP contribution < -0.4 is 14.8 Å². The summed E-state index contributed by atoms with van der Waals surface area (Å²) < 4.78 is 25.5. The lowest BCUT2D eigenvalue weighted by Gasteiger charge is -2.14. The molecule has 1 saturated heterocycles. The fourth-order valence-corrected chi connectivity index (χ4v) is 4.97. The standard InChI is InChI=1S/C26H19BrFN3O7S/c1-37-21-11-16(10-18(27)24(21)38-14-15-5-4-6-17(9-15)31(35)36)12-22-25(33)30(26(34)39-22)13-23(32)29-20-8-3-2-7-19(20)28/h2-12H,13-14H2,1H3,(H,29,32)/b22-12-. The highest BCUT2D eigenvalue weighted by Crippen LogP contribution is 2.39. The number of nitrogens with zero attached hydrogens (tertiary/aromatic N) is 2. The summed E-state index contributed by atoms with van der Waals surface area (Å²) in [6.07, 6.45) is 1.47. The molecule has 0 bridgehead atoms. The summed E-state index contributed by atoms with van der Waals surface area (Å²) >= 11 is 4.08. The Morgan fingerprint density at radius 1 is 1.18 bits per heavy atom. The number of non-ortho nitro benzene ring substituents is 1. The number of rotatable bonds is 9. The number of hydrogen-bond donors (Lipinski definition) is 1. The van der Waals surface area contributed by atoms with Gasteiger partial charge in [-0.25, -0.2) is 4.39 Å². The van der Waals surface area contributed by atoms with Gasteiger partial charge in [0.1, 0.15) is 19.0 Å². The Balaban J connectivity index is 1.47. The first kappa shape index (κ1) is 27.8. The zero-order valence-corrected chi connectivity index (χ0v) is 22.6. The molecule has 0 aromatic heterocycles. The van der Waals surface area contributed by atoms with Crippen LogP contribution >= 0.6 is 27.7 Å². The molecule has 0 unspecified atom stereocenters. The Labute approximate surface area is 234 Å². The van der Waals surface area contributed by atoms with Crippen molar-refractivity contribution in [1.82, 2.24) is 4.90 Å². The van der Waals surface area contributed by atoms with Crippen molar-refractivity contribution >= 4 is 62.2 Å². The second-order valence-electron chi connectivity index (χ2n) is 8.05. The number of thioether (sulfide) groups is 1. The number of carbonyl (C=O) groups is 3. The molecule has 1 N–H and O–H groups in total. The molecule has 0 spiro atoms. The minimum atomic E-state index is -0.724. The minimum Gasteiger partial charge on any atom is -0.493 e. The third kappa shape index (κ3) is 6.62. The Kier molecular flexibility index (Phi) is 8.62. The SMILES string of the molecule is COc1cc(/C=C2\SC(=O)N(CC(=O)Nc3ccccc3F)C2=O)cc(Br)c1OCc1cccc([N+](=O)[O-])c1. The molecule has 0 atom stereocenters. The molecule has 0 saturated carbocycles. The quantitative estimate of drug-likeness (QED) is 0.183. The second-order valence-corrected chi connectivity index (χ2v) is 9.89. The number of halogens is 2. The van der Waals surface area contributed by atoms with Gasteiger partial charge in [0.15, 0.2) is 11.5 Å². The van der Waals surface area contributed by atoms with Crippen molar-refractivity contribution in [3.63, 3.8) is 0 Å². The van der Waals surface area contributed by atoms with E-state index in [0.717, 1.165) is 4.90 Å². The summed E-state index contributed by atoms with van der Waals surface area (Å²) in [4.78, 5) is 49.0. The first-order chi connectivity index (χ1) is 18.7. The summed E-state index contributed by atoms with van der Waals surface area (Å²) in [5.41, 5.74) is 0.962. The van der Waals surface area contributed by atoms with E-state index in [2.05, 4.69) is 21.2 Å². The van der Waals surface area contributed by atoms with Gasteiger partial charge in [0.25, 0.3) is 16.8 Å². The average Bonchev–Trinajstić information content (AvgIpc) is 3.16. The molecule has 0 aliphatic carbocycles. The summed E-state index contributed by atoms with van der Waals surface area (Å²) in [6, 6.07) is 14.8. The smallest absolute Gasteiger partial charge is 0.294 e. The third-order valence-corrected chi connectivity index (χ3v) is 6.87. The van der Waals surface area contributed by atoms with E-state index in [4.69, 9.17) is 9.47 Å². The lowest BCUT2D eigenvalue weighted by Crippen LogP contribution is -2.36. The van der Waals surface area contributed by atoms with Gasteiger partial charge < -0.3 is 14.8 Å². The molecule has 1 fully saturated rings. The number of imide groups is 1. The maximum Gasteiger partial charge on any atom is 0.294 e. The number of nitro groups is 1. The van der Waals surface area contributed by atoms with Gasteiger partial charge in [0, 0.05) is 12.1 Å². The van der Waals surface area contributed by atoms with Gasteiger partial charge >= 0.3 is 0 Å². The molecular formula is C26H19BrFN3O7S. The second kappa shape index (κ2) is 12.1. The molecular weight excluding hydrogens is 597 g/mol. The zero-order valence-electron chi connectivity index (χ0n) is 20.2.